The number of carbonyl (C=O) groups excluding carboxylic acids is 1. The lowest BCUT2D eigenvalue weighted by Gasteiger charge is -2.36. The first-order chi connectivity index (χ1) is 10.1. The molecule has 1 saturated heterocycles. The highest BCUT2D eigenvalue weighted by Gasteiger charge is 2.35. The van der Waals surface area contributed by atoms with Crippen molar-refractivity contribution in [1.82, 2.24) is 9.80 Å². The van der Waals surface area contributed by atoms with Gasteiger partial charge < -0.3 is 10.0 Å². The summed E-state index contributed by atoms with van der Waals surface area (Å²) >= 11 is 1.79. The monoisotopic (exact) mass is 308 g/mol. The molecule has 116 valence electrons. The third-order valence-corrected chi connectivity index (χ3v) is 5.56. The van der Waals surface area contributed by atoms with Crippen LogP contribution in [-0.2, 0) is 11.3 Å². The van der Waals surface area contributed by atoms with E-state index in [-0.39, 0.29) is 5.91 Å². The van der Waals surface area contributed by atoms with E-state index in [1.165, 1.54) is 4.88 Å². The third kappa shape index (κ3) is 3.84. The van der Waals surface area contributed by atoms with Crippen LogP contribution in [0.1, 0.15) is 37.0 Å². The molecular weight excluding hydrogens is 284 g/mol. The highest BCUT2D eigenvalue weighted by Crippen LogP contribution is 2.32. The molecule has 0 atom stereocenters. The Hall–Kier alpha value is -0.910. The molecule has 1 amide bonds. The average Bonchev–Trinajstić information content (AvgIpc) is 3.11. The number of thiophene rings is 1. The number of piperazine rings is 1. The molecule has 0 spiro atoms. The van der Waals surface area contributed by atoms with Crippen molar-refractivity contribution in [2.75, 3.05) is 26.2 Å². The summed E-state index contributed by atoms with van der Waals surface area (Å²) in [5, 5.41) is 12.5. The second kappa shape index (κ2) is 6.46. The Morgan fingerprint density at radius 1 is 1.24 bits per heavy atom. The lowest BCUT2D eigenvalue weighted by molar-refractivity contribution is -0.138. The molecule has 1 aliphatic carbocycles. The van der Waals surface area contributed by atoms with Gasteiger partial charge in [0.2, 0.25) is 5.91 Å². The van der Waals surface area contributed by atoms with E-state index in [0.717, 1.165) is 58.4 Å². The molecule has 1 aromatic rings. The fourth-order valence-electron chi connectivity index (χ4n) is 3.38. The Morgan fingerprint density at radius 3 is 2.57 bits per heavy atom. The van der Waals surface area contributed by atoms with Crippen LogP contribution in [-0.4, -0.2) is 52.6 Å². The predicted octanol–water partition coefficient (Wildman–Crippen LogP) is 2.09. The number of amides is 1. The molecule has 2 fully saturated rings. The van der Waals surface area contributed by atoms with Gasteiger partial charge in [-0.3, -0.25) is 9.69 Å². The van der Waals surface area contributed by atoms with E-state index in [1.54, 1.807) is 11.3 Å². The van der Waals surface area contributed by atoms with Crippen LogP contribution in [0, 0.1) is 0 Å². The van der Waals surface area contributed by atoms with E-state index >= 15 is 0 Å². The van der Waals surface area contributed by atoms with E-state index in [2.05, 4.69) is 22.4 Å². The number of hydrogen-bond donors (Lipinski definition) is 1. The summed E-state index contributed by atoms with van der Waals surface area (Å²) < 4.78 is 0. The van der Waals surface area contributed by atoms with Gasteiger partial charge in [-0.2, -0.15) is 0 Å². The second-order valence-corrected chi connectivity index (χ2v) is 7.38. The lowest BCUT2D eigenvalue weighted by Crippen LogP contribution is -2.49. The molecule has 4 nitrogen and oxygen atoms in total. The van der Waals surface area contributed by atoms with Crippen LogP contribution in [0.15, 0.2) is 17.5 Å². The zero-order valence-corrected chi connectivity index (χ0v) is 13.3. The van der Waals surface area contributed by atoms with Gasteiger partial charge in [-0.05, 0) is 24.3 Å². The minimum atomic E-state index is -0.717. The van der Waals surface area contributed by atoms with Gasteiger partial charge in [0.25, 0.3) is 0 Å². The molecule has 0 bridgehead atoms. The first kappa shape index (κ1) is 15.0. The van der Waals surface area contributed by atoms with Gasteiger partial charge in [-0.25, -0.2) is 0 Å². The first-order valence-electron chi connectivity index (χ1n) is 7.90. The molecule has 2 heterocycles. The molecule has 21 heavy (non-hydrogen) atoms. The molecular formula is C16H24N2O2S. The van der Waals surface area contributed by atoms with Gasteiger partial charge >= 0.3 is 0 Å². The van der Waals surface area contributed by atoms with Crippen molar-refractivity contribution >= 4 is 17.2 Å². The summed E-state index contributed by atoms with van der Waals surface area (Å²) in [5.74, 6) is 0.134. The molecule has 0 unspecified atom stereocenters. The summed E-state index contributed by atoms with van der Waals surface area (Å²) in [5.41, 5.74) is -0.717. The Bertz CT molecular complexity index is 461. The molecule has 0 aromatic carbocycles. The Balaban J connectivity index is 1.45. The molecule has 1 N–H and O–H groups in total. The Labute approximate surface area is 130 Å². The minimum Gasteiger partial charge on any atom is -0.389 e. The van der Waals surface area contributed by atoms with Crippen LogP contribution >= 0.6 is 11.3 Å². The predicted molar refractivity (Wildman–Crippen MR) is 84.2 cm³/mol. The van der Waals surface area contributed by atoms with Crippen molar-refractivity contribution in [3.05, 3.63) is 22.4 Å². The normalized spacial score (nSPS) is 22.6. The number of rotatable bonds is 4. The van der Waals surface area contributed by atoms with Crippen LogP contribution in [0.5, 0.6) is 0 Å². The van der Waals surface area contributed by atoms with Crippen LogP contribution in [0.4, 0.5) is 0 Å². The van der Waals surface area contributed by atoms with Crippen molar-refractivity contribution < 1.29 is 9.90 Å². The number of nitrogens with zero attached hydrogens (tertiary/aromatic N) is 2. The van der Waals surface area contributed by atoms with Crippen molar-refractivity contribution in [3.8, 4) is 0 Å². The summed E-state index contributed by atoms with van der Waals surface area (Å²) in [6.07, 6.45) is 4.00. The fraction of sp³-hybridized carbons (Fsp3) is 0.688. The molecule has 5 heteroatoms. The van der Waals surface area contributed by atoms with Gasteiger partial charge in [0.05, 0.1) is 12.0 Å². The van der Waals surface area contributed by atoms with Crippen LogP contribution in [0.3, 0.4) is 0 Å². The largest absolute Gasteiger partial charge is 0.389 e. The van der Waals surface area contributed by atoms with E-state index in [1.807, 2.05) is 4.90 Å². The quantitative estimate of drug-likeness (QED) is 0.926. The van der Waals surface area contributed by atoms with Gasteiger partial charge in [-0.15, -0.1) is 11.3 Å². The first-order valence-corrected chi connectivity index (χ1v) is 8.78. The van der Waals surface area contributed by atoms with Crippen molar-refractivity contribution in [1.29, 1.82) is 0 Å². The van der Waals surface area contributed by atoms with Gasteiger partial charge in [-0.1, -0.05) is 18.9 Å². The lowest BCUT2D eigenvalue weighted by atomic mass is 9.97. The third-order valence-electron chi connectivity index (χ3n) is 4.70. The van der Waals surface area contributed by atoms with Gasteiger partial charge in [0.15, 0.2) is 0 Å². The summed E-state index contributed by atoms with van der Waals surface area (Å²) in [6, 6.07) is 4.25. The fourth-order valence-corrected chi connectivity index (χ4v) is 4.13. The van der Waals surface area contributed by atoms with Crippen LogP contribution < -0.4 is 0 Å². The number of aliphatic hydroxyl groups is 1. The number of carbonyl (C=O) groups is 1. The smallest absolute Gasteiger partial charge is 0.225 e. The van der Waals surface area contributed by atoms with Crippen molar-refractivity contribution in [2.24, 2.45) is 0 Å². The maximum atomic E-state index is 12.3. The van der Waals surface area contributed by atoms with E-state index in [9.17, 15) is 9.90 Å². The van der Waals surface area contributed by atoms with E-state index in [0.29, 0.717) is 6.42 Å². The van der Waals surface area contributed by atoms with Crippen molar-refractivity contribution in [3.63, 3.8) is 0 Å². The zero-order valence-electron chi connectivity index (χ0n) is 12.5. The van der Waals surface area contributed by atoms with Crippen molar-refractivity contribution in [2.45, 2.75) is 44.2 Å². The summed E-state index contributed by atoms with van der Waals surface area (Å²) in [7, 11) is 0. The second-order valence-electron chi connectivity index (χ2n) is 6.34. The maximum absolute atomic E-state index is 12.3. The maximum Gasteiger partial charge on any atom is 0.225 e. The highest BCUT2D eigenvalue weighted by atomic mass is 32.1. The van der Waals surface area contributed by atoms with E-state index in [4.69, 9.17) is 0 Å². The average molecular weight is 308 g/mol. The molecule has 3 rings (SSSR count). The zero-order chi connectivity index (χ0) is 14.7. The molecule has 1 saturated carbocycles. The molecule has 1 aromatic heterocycles. The van der Waals surface area contributed by atoms with Gasteiger partial charge in [0.1, 0.15) is 0 Å². The Kier molecular flexibility index (Phi) is 4.62. The summed E-state index contributed by atoms with van der Waals surface area (Å²) in [6.45, 7) is 4.44. The molecule has 0 radical (unpaired) electrons. The highest BCUT2D eigenvalue weighted by molar-refractivity contribution is 7.09. The van der Waals surface area contributed by atoms with Crippen LogP contribution in [0.25, 0.3) is 0 Å². The molecule has 2 aliphatic rings. The Morgan fingerprint density at radius 2 is 1.95 bits per heavy atom. The summed E-state index contributed by atoms with van der Waals surface area (Å²) in [4.78, 5) is 18.1. The number of hydrogen-bond acceptors (Lipinski definition) is 4. The van der Waals surface area contributed by atoms with Crippen LogP contribution in [0.2, 0.25) is 0 Å². The molecule has 1 aliphatic heterocycles. The van der Waals surface area contributed by atoms with E-state index < -0.39 is 5.60 Å². The standard InChI is InChI=1S/C16H24N2O2S/c19-15(12-16(20)5-1-2-6-16)18-9-7-17(8-10-18)13-14-4-3-11-21-14/h3-4,11,20H,1-2,5-10,12-13H2. The SMILES string of the molecule is O=C(CC1(O)CCCC1)N1CCN(Cc2cccs2)CC1. The minimum absolute atomic E-state index is 0.134. The van der Waals surface area contributed by atoms with Gasteiger partial charge in [0, 0.05) is 37.6 Å². The topological polar surface area (TPSA) is 43.8 Å².